The Hall–Kier alpha value is -1.04. The Morgan fingerprint density at radius 1 is 1.35 bits per heavy atom. The zero-order chi connectivity index (χ0) is 14.7. The molecule has 0 bridgehead atoms. The van der Waals surface area contributed by atoms with Crippen LogP contribution in [0.2, 0.25) is 0 Å². The summed E-state index contributed by atoms with van der Waals surface area (Å²) in [5.41, 5.74) is 1.53. The van der Waals surface area contributed by atoms with Gasteiger partial charge in [-0.05, 0) is 43.8 Å². The topological polar surface area (TPSA) is 52.9 Å². The molecule has 4 nitrogen and oxygen atoms in total. The van der Waals surface area contributed by atoms with Crippen molar-refractivity contribution in [3.63, 3.8) is 0 Å². The average Bonchev–Trinajstić information content (AvgIpc) is 2.43. The SMILES string of the molecule is COc1ccc(B(O)O)cc1CN1CCCC(C)C1C. The van der Waals surface area contributed by atoms with Crippen molar-refractivity contribution in [3.8, 4) is 5.75 Å². The molecule has 20 heavy (non-hydrogen) atoms. The number of rotatable bonds is 4. The second kappa shape index (κ2) is 6.61. The number of piperidine rings is 1. The molecule has 1 aromatic rings. The first-order chi connectivity index (χ1) is 9.52. The van der Waals surface area contributed by atoms with Crippen LogP contribution in [0.4, 0.5) is 0 Å². The zero-order valence-corrected chi connectivity index (χ0v) is 12.5. The van der Waals surface area contributed by atoms with Gasteiger partial charge in [0, 0.05) is 18.2 Å². The highest BCUT2D eigenvalue weighted by molar-refractivity contribution is 6.58. The summed E-state index contributed by atoms with van der Waals surface area (Å²) in [6.07, 6.45) is 2.50. The summed E-state index contributed by atoms with van der Waals surface area (Å²) in [7, 11) is 0.216. The van der Waals surface area contributed by atoms with E-state index in [-0.39, 0.29) is 0 Å². The van der Waals surface area contributed by atoms with Crippen LogP contribution < -0.4 is 10.2 Å². The van der Waals surface area contributed by atoms with Crippen LogP contribution in [0.15, 0.2) is 18.2 Å². The van der Waals surface area contributed by atoms with Crippen LogP contribution in [-0.4, -0.2) is 41.8 Å². The van der Waals surface area contributed by atoms with Crippen LogP contribution >= 0.6 is 0 Å². The maximum Gasteiger partial charge on any atom is 0.488 e. The lowest BCUT2D eigenvalue weighted by Gasteiger charge is -2.38. The first kappa shape index (κ1) is 15.4. The molecule has 0 amide bonds. The molecule has 0 aromatic heterocycles. The number of hydrogen-bond donors (Lipinski definition) is 2. The second-order valence-corrected chi connectivity index (χ2v) is 5.78. The van der Waals surface area contributed by atoms with E-state index in [1.807, 2.05) is 12.1 Å². The van der Waals surface area contributed by atoms with Gasteiger partial charge in [-0.15, -0.1) is 0 Å². The highest BCUT2D eigenvalue weighted by Gasteiger charge is 2.25. The lowest BCUT2D eigenvalue weighted by Crippen LogP contribution is -2.42. The molecule has 2 atom stereocenters. The predicted molar refractivity (Wildman–Crippen MR) is 81.1 cm³/mol. The molecule has 1 aliphatic rings. The van der Waals surface area contributed by atoms with Crippen LogP contribution in [0.1, 0.15) is 32.3 Å². The van der Waals surface area contributed by atoms with E-state index in [4.69, 9.17) is 4.74 Å². The minimum atomic E-state index is -1.43. The van der Waals surface area contributed by atoms with Crippen LogP contribution in [0.3, 0.4) is 0 Å². The van der Waals surface area contributed by atoms with Gasteiger partial charge in [0.05, 0.1) is 7.11 Å². The summed E-state index contributed by atoms with van der Waals surface area (Å²) in [4.78, 5) is 2.44. The first-order valence-electron chi connectivity index (χ1n) is 7.30. The van der Waals surface area contributed by atoms with Gasteiger partial charge < -0.3 is 14.8 Å². The monoisotopic (exact) mass is 277 g/mol. The summed E-state index contributed by atoms with van der Waals surface area (Å²) in [5.74, 6) is 1.50. The van der Waals surface area contributed by atoms with Gasteiger partial charge in [0.1, 0.15) is 5.75 Å². The molecule has 1 aromatic carbocycles. The van der Waals surface area contributed by atoms with Crippen molar-refractivity contribution in [1.82, 2.24) is 4.90 Å². The quantitative estimate of drug-likeness (QED) is 0.806. The van der Waals surface area contributed by atoms with Gasteiger partial charge in [0.2, 0.25) is 0 Å². The fourth-order valence-corrected chi connectivity index (χ4v) is 2.95. The third kappa shape index (κ3) is 3.34. The normalized spacial score (nSPS) is 23.6. The Labute approximate surface area is 121 Å². The van der Waals surface area contributed by atoms with E-state index >= 15 is 0 Å². The molecular weight excluding hydrogens is 253 g/mol. The van der Waals surface area contributed by atoms with Crippen molar-refractivity contribution in [2.75, 3.05) is 13.7 Å². The van der Waals surface area contributed by atoms with Crippen molar-refractivity contribution in [3.05, 3.63) is 23.8 Å². The molecule has 2 unspecified atom stereocenters. The number of methoxy groups -OCH3 is 1. The number of nitrogens with zero attached hydrogens (tertiary/aromatic N) is 1. The lowest BCUT2D eigenvalue weighted by molar-refractivity contribution is 0.105. The fraction of sp³-hybridized carbons (Fsp3) is 0.600. The molecule has 0 spiro atoms. The number of likely N-dealkylation sites (tertiary alicyclic amines) is 1. The van der Waals surface area contributed by atoms with E-state index in [0.717, 1.165) is 24.4 Å². The molecular formula is C15H24BNO3. The number of ether oxygens (including phenoxy) is 1. The van der Waals surface area contributed by atoms with Crippen LogP contribution in [0, 0.1) is 5.92 Å². The van der Waals surface area contributed by atoms with Gasteiger partial charge in [-0.3, -0.25) is 4.90 Å². The summed E-state index contributed by atoms with van der Waals surface area (Å²) < 4.78 is 5.39. The molecule has 1 fully saturated rings. The van der Waals surface area contributed by atoms with Crippen LogP contribution in [0.25, 0.3) is 0 Å². The zero-order valence-electron chi connectivity index (χ0n) is 12.5. The molecule has 2 N–H and O–H groups in total. The minimum absolute atomic E-state index is 0.513. The average molecular weight is 277 g/mol. The molecule has 1 saturated heterocycles. The van der Waals surface area contributed by atoms with Crippen molar-refractivity contribution in [2.45, 2.75) is 39.3 Å². The third-order valence-electron chi connectivity index (χ3n) is 4.48. The van der Waals surface area contributed by atoms with E-state index in [2.05, 4.69) is 18.7 Å². The summed E-state index contributed by atoms with van der Waals surface area (Å²) in [6.45, 7) is 6.43. The Bertz CT molecular complexity index is 453. The maximum atomic E-state index is 9.31. The molecule has 0 aliphatic carbocycles. The van der Waals surface area contributed by atoms with Gasteiger partial charge in [0.25, 0.3) is 0 Å². The number of hydrogen-bond acceptors (Lipinski definition) is 4. The highest BCUT2D eigenvalue weighted by Crippen LogP contribution is 2.27. The molecule has 5 heteroatoms. The summed E-state index contributed by atoms with van der Waals surface area (Å²) in [6, 6.07) is 5.86. The van der Waals surface area contributed by atoms with E-state index in [1.54, 1.807) is 13.2 Å². The Morgan fingerprint density at radius 2 is 2.10 bits per heavy atom. The number of benzene rings is 1. The molecule has 2 rings (SSSR count). The van der Waals surface area contributed by atoms with Gasteiger partial charge in [0.15, 0.2) is 0 Å². The van der Waals surface area contributed by atoms with Crippen molar-refractivity contribution in [1.29, 1.82) is 0 Å². The highest BCUT2D eigenvalue weighted by atomic mass is 16.5. The second-order valence-electron chi connectivity index (χ2n) is 5.78. The Kier molecular flexibility index (Phi) is 5.08. The molecule has 1 heterocycles. The predicted octanol–water partition coefficient (Wildman–Crippen LogP) is 0.995. The fourth-order valence-electron chi connectivity index (χ4n) is 2.95. The first-order valence-corrected chi connectivity index (χ1v) is 7.30. The van der Waals surface area contributed by atoms with E-state index < -0.39 is 7.12 Å². The van der Waals surface area contributed by atoms with E-state index in [1.165, 1.54) is 12.8 Å². The smallest absolute Gasteiger partial charge is 0.488 e. The Balaban J connectivity index is 2.20. The summed E-state index contributed by atoms with van der Waals surface area (Å²) >= 11 is 0. The third-order valence-corrected chi connectivity index (χ3v) is 4.48. The summed E-state index contributed by atoms with van der Waals surface area (Å²) in [5, 5.41) is 18.6. The van der Waals surface area contributed by atoms with Gasteiger partial charge in [-0.1, -0.05) is 19.1 Å². The van der Waals surface area contributed by atoms with Gasteiger partial charge in [-0.25, -0.2) is 0 Å². The van der Waals surface area contributed by atoms with Crippen molar-refractivity contribution in [2.24, 2.45) is 5.92 Å². The lowest BCUT2D eigenvalue weighted by atomic mass is 9.79. The van der Waals surface area contributed by atoms with Crippen molar-refractivity contribution >= 4 is 12.6 Å². The van der Waals surface area contributed by atoms with Gasteiger partial charge in [-0.2, -0.15) is 0 Å². The van der Waals surface area contributed by atoms with Crippen LogP contribution in [-0.2, 0) is 6.54 Å². The standard InChI is InChI=1S/C15H24BNO3/c1-11-5-4-8-17(12(11)2)10-13-9-14(16(18)19)6-7-15(13)20-3/h6-7,9,11-12,18-19H,4-5,8,10H2,1-3H3. The molecule has 0 radical (unpaired) electrons. The molecule has 0 saturated carbocycles. The largest absolute Gasteiger partial charge is 0.496 e. The van der Waals surface area contributed by atoms with E-state index in [9.17, 15) is 10.0 Å². The Morgan fingerprint density at radius 3 is 2.75 bits per heavy atom. The maximum absolute atomic E-state index is 9.31. The minimum Gasteiger partial charge on any atom is -0.496 e. The van der Waals surface area contributed by atoms with Crippen LogP contribution in [0.5, 0.6) is 5.75 Å². The van der Waals surface area contributed by atoms with E-state index in [0.29, 0.717) is 17.4 Å². The van der Waals surface area contributed by atoms with Gasteiger partial charge >= 0.3 is 7.12 Å². The molecule has 110 valence electrons. The molecule has 1 aliphatic heterocycles. The van der Waals surface area contributed by atoms with Crippen molar-refractivity contribution < 1.29 is 14.8 Å².